The predicted molar refractivity (Wildman–Crippen MR) is 125 cm³/mol. The van der Waals surface area contributed by atoms with Crippen LogP contribution >= 0.6 is 23.2 Å². The van der Waals surface area contributed by atoms with Crippen molar-refractivity contribution in [2.24, 2.45) is 5.10 Å². The molecule has 0 fully saturated rings. The topological polar surface area (TPSA) is 77.0 Å². The van der Waals surface area contributed by atoms with Gasteiger partial charge in [0.2, 0.25) is 0 Å². The summed E-state index contributed by atoms with van der Waals surface area (Å²) in [6.07, 6.45) is 0.640. The van der Waals surface area contributed by atoms with Crippen molar-refractivity contribution in [3.8, 4) is 11.5 Å². The van der Waals surface area contributed by atoms with E-state index in [1.165, 1.54) is 12.3 Å². The van der Waals surface area contributed by atoms with E-state index in [1.807, 2.05) is 19.1 Å². The quantitative estimate of drug-likeness (QED) is 0.216. The molecule has 0 heterocycles. The first kappa shape index (κ1) is 23.3. The minimum absolute atomic E-state index is 0.309. The highest BCUT2D eigenvalue weighted by Gasteiger charge is 2.16. The molecule has 0 saturated heterocycles. The van der Waals surface area contributed by atoms with Crippen LogP contribution < -0.4 is 14.9 Å². The summed E-state index contributed by atoms with van der Waals surface area (Å²) < 4.78 is 10.9. The molecule has 1 amide bonds. The fourth-order valence-corrected chi connectivity index (χ4v) is 3.12. The number of nitrogens with zero attached hydrogens (tertiary/aromatic N) is 1. The van der Waals surface area contributed by atoms with Crippen LogP contribution in [0.2, 0.25) is 10.0 Å². The lowest BCUT2D eigenvalue weighted by Crippen LogP contribution is -2.33. The summed E-state index contributed by atoms with van der Waals surface area (Å²) in [6.45, 7) is 3.42. The van der Waals surface area contributed by atoms with E-state index in [0.29, 0.717) is 32.7 Å². The zero-order valence-corrected chi connectivity index (χ0v) is 18.9. The highest BCUT2D eigenvalue weighted by Crippen LogP contribution is 2.28. The Morgan fingerprint density at radius 3 is 2.44 bits per heavy atom. The highest BCUT2D eigenvalue weighted by atomic mass is 35.5. The number of aryl methyl sites for hydroxylation is 1. The first-order chi connectivity index (χ1) is 15.3. The van der Waals surface area contributed by atoms with E-state index in [9.17, 15) is 9.59 Å². The maximum atomic E-state index is 12.3. The van der Waals surface area contributed by atoms with Crippen molar-refractivity contribution in [2.75, 3.05) is 0 Å². The number of ether oxygens (including phenoxy) is 2. The Morgan fingerprint density at radius 1 is 1.03 bits per heavy atom. The van der Waals surface area contributed by atoms with E-state index < -0.39 is 18.0 Å². The maximum absolute atomic E-state index is 12.3. The van der Waals surface area contributed by atoms with Crippen molar-refractivity contribution in [1.82, 2.24) is 5.43 Å². The van der Waals surface area contributed by atoms with Crippen molar-refractivity contribution in [3.05, 3.63) is 93.5 Å². The number of amides is 1. The number of benzene rings is 3. The molecule has 0 spiro atoms. The normalized spacial score (nSPS) is 11.8. The van der Waals surface area contributed by atoms with Crippen LogP contribution in [0.15, 0.2) is 71.8 Å². The largest absolute Gasteiger partial charge is 0.479 e. The van der Waals surface area contributed by atoms with E-state index in [-0.39, 0.29) is 0 Å². The number of nitrogens with one attached hydrogen (secondary N) is 1. The summed E-state index contributed by atoms with van der Waals surface area (Å²) in [5.41, 5.74) is 4.46. The lowest BCUT2D eigenvalue weighted by atomic mass is 10.1. The zero-order chi connectivity index (χ0) is 23.1. The second-order valence-corrected chi connectivity index (χ2v) is 7.69. The standard InChI is InChI=1S/C24H20Cl2N2O4/c1-15-5-3-4-6-20(15)24(30)32-19-10-7-17(8-11-19)14-27-28-23(29)16(2)31-22-12-9-18(25)13-21(22)26/h3-14,16H,1-2H3,(H,28,29)/b27-14+. The summed E-state index contributed by atoms with van der Waals surface area (Å²) >= 11 is 11.9. The van der Waals surface area contributed by atoms with E-state index in [1.54, 1.807) is 55.5 Å². The number of esters is 1. The summed E-state index contributed by atoms with van der Waals surface area (Å²) in [6, 6.07) is 18.7. The van der Waals surface area contributed by atoms with Gasteiger partial charge in [-0.25, -0.2) is 10.2 Å². The average molecular weight is 471 g/mol. The Labute approximate surface area is 195 Å². The van der Waals surface area contributed by atoms with Crippen LogP contribution in [0.5, 0.6) is 11.5 Å². The van der Waals surface area contributed by atoms with Crippen molar-refractivity contribution in [3.63, 3.8) is 0 Å². The van der Waals surface area contributed by atoms with Gasteiger partial charge in [0.05, 0.1) is 16.8 Å². The van der Waals surface area contributed by atoms with Crippen LogP contribution in [-0.4, -0.2) is 24.2 Å². The highest BCUT2D eigenvalue weighted by molar-refractivity contribution is 6.35. The SMILES string of the molecule is Cc1ccccc1C(=O)Oc1ccc(/C=N/NC(=O)C(C)Oc2ccc(Cl)cc2Cl)cc1. The monoisotopic (exact) mass is 470 g/mol. The lowest BCUT2D eigenvalue weighted by molar-refractivity contribution is -0.127. The Kier molecular flexibility index (Phi) is 7.87. The molecule has 0 aliphatic carbocycles. The van der Waals surface area contributed by atoms with Gasteiger partial charge in [0.25, 0.3) is 5.91 Å². The van der Waals surface area contributed by atoms with Crippen molar-refractivity contribution < 1.29 is 19.1 Å². The molecule has 0 aromatic heterocycles. The molecule has 32 heavy (non-hydrogen) atoms. The summed E-state index contributed by atoms with van der Waals surface area (Å²) in [5.74, 6) is -0.123. The van der Waals surface area contributed by atoms with Gasteiger partial charge in [0.15, 0.2) is 6.10 Å². The molecule has 1 unspecified atom stereocenters. The molecule has 1 N–H and O–H groups in total. The number of carbonyl (C=O) groups excluding carboxylic acids is 2. The van der Waals surface area contributed by atoms with Gasteiger partial charge in [-0.3, -0.25) is 4.79 Å². The molecule has 8 heteroatoms. The van der Waals surface area contributed by atoms with Gasteiger partial charge in [0.1, 0.15) is 11.5 Å². The fraction of sp³-hybridized carbons (Fsp3) is 0.125. The van der Waals surface area contributed by atoms with Gasteiger partial charge in [-0.15, -0.1) is 0 Å². The fourth-order valence-electron chi connectivity index (χ4n) is 2.66. The Morgan fingerprint density at radius 2 is 1.75 bits per heavy atom. The van der Waals surface area contributed by atoms with Crippen LogP contribution in [0, 0.1) is 6.92 Å². The van der Waals surface area contributed by atoms with Gasteiger partial charge in [0, 0.05) is 5.02 Å². The van der Waals surface area contributed by atoms with Gasteiger partial charge in [-0.2, -0.15) is 5.10 Å². The average Bonchev–Trinajstić information content (AvgIpc) is 2.77. The van der Waals surface area contributed by atoms with E-state index in [0.717, 1.165) is 5.56 Å². The molecular weight excluding hydrogens is 451 g/mol. The zero-order valence-electron chi connectivity index (χ0n) is 17.3. The van der Waals surface area contributed by atoms with Crippen LogP contribution in [-0.2, 0) is 4.79 Å². The summed E-state index contributed by atoms with van der Waals surface area (Å²) in [7, 11) is 0. The third kappa shape index (κ3) is 6.33. The van der Waals surface area contributed by atoms with Gasteiger partial charge < -0.3 is 9.47 Å². The molecule has 0 aliphatic heterocycles. The van der Waals surface area contributed by atoms with Crippen molar-refractivity contribution in [1.29, 1.82) is 0 Å². The molecule has 3 aromatic rings. The predicted octanol–water partition coefficient (Wildman–Crippen LogP) is 5.44. The molecule has 3 rings (SSSR count). The lowest BCUT2D eigenvalue weighted by Gasteiger charge is -2.14. The molecule has 6 nitrogen and oxygen atoms in total. The molecule has 0 bridgehead atoms. The van der Waals surface area contributed by atoms with E-state index in [2.05, 4.69) is 10.5 Å². The first-order valence-corrected chi connectivity index (χ1v) is 10.4. The van der Waals surface area contributed by atoms with Gasteiger partial charge in [-0.1, -0.05) is 41.4 Å². The van der Waals surface area contributed by atoms with Crippen LogP contribution in [0.3, 0.4) is 0 Å². The number of hydrogen-bond acceptors (Lipinski definition) is 5. The van der Waals surface area contributed by atoms with Crippen LogP contribution in [0.4, 0.5) is 0 Å². The van der Waals surface area contributed by atoms with Crippen LogP contribution in [0.25, 0.3) is 0 Å². The summed E-state index contributed by atoms with van der Waals surface area (Å²) in [4.78, 5) is 24.5. The summed E-state index contributed by atoms with van der Waals surface area (Å²) in [5, 5.41) is 4.71. The molecule has 0 saturated carbocycles. The molecular formula is C24H20Cl2N2O4. The minimum Gasteiger partial charge on any atom is -0.479 e. The second kappa shape index (κ2) is 10.8. The number of halogens is 2. The van der Waals surface area contributed by atoms with Crippen molar-refractivity contribution in [2.45, 2.75) is 20.0 Å². The smallest absolute Gasteiger partial charge is 0.343 e. The number of carbonyl (C=O) groups is 2. The number of rotatable bonds is 7. The minimum atomic E-state index is -0.825. The Bertz CT molecular complexity index is 1150. The maximum Gasteiger partial charge on any atom is 0.343 e. The number of hydrogen-bond donors (Lipinski definition) is 1. The second-order valence-electron chi connectivity index (χ2n) is 6.84. The van der Waals surface area contributed by atoms with Gasteiger partial charge in [-0.05, 0) is 73.5 Å². The first-order valence-electron chi connectivity index (χ1n) is 9.66. The van der Waals surface area contributed by atoms with Crippen molar-refractivity contribution >= 4 is 41.3 Å². The Balaban J connectivity index is 1.52. The molecule has 0 aliphatic rings. The molecule has 1 atom stereocenters. The third-order valence-corrected chi connectivity index (χ3v) is 4.94. The van der Waals surface area contributed by atoms with E-state index in [4.69, 9.17) is 32.7 Å². The molecule has 0 radical (unpaired) electrons. The van der Waals surface area contributed by atoms with Gasteiger partial charge >= 0.3 is 5.97 Å². The van der Waals surface area contributed by atoms with E-state index >= 15 is 0 Å². The van der Waals surface area contributed by atoms with Crippen LogP contribution in [0.1, 0.15) is 28.4 Å². The number of hydrazone groups is 1. The molecule has 3 aromatic carbocycles. The molecule has 164 valence electrons. The Hall–Kier alpha value is -3.35. The third-order valence-electron chi connectivity index (χ3n) is 4.41.